The summed E-state index contributed by atoms with van der Waals surface area (Å²) in [7, 11) is 0. The molecule has 134 valence electrons. The lowest BCUT2D eigenvalue weighted by Crippen LogP contribution is -2.15. The second-order valence-corrected chi connectivity index (χ2v) is 7.36. The zero-order chi connectivity index (χ0) is 18.7. The molecule has 2 aromatic carbocycles. The van der Waals surface area contributed by atoms with Crippen LogP contribution in [0.2, 0.25) is 10.0 Å². The molecule has 0 aliphatic heterocycles. The van der Waals surface area contributed by atoms with E-state index in [2.05, 4.69) is 20.8 Å². The molecule has 0 spiro atoms. The largest absolute Gasteiger partial charge is 0.324 e. The van der Waals surface area contributed by atoms with E-state index in [4.69, 9.17) is 23.2 Å². The Kier molecular flexibility index (Phi) is 5.80. The highest BCUT2D eigenvalue weighted by Crippen LogP contribution is 2.26. The second-order valence-electron chi connectivity index (χ2n) is 5.57. The quantitative estimate of drug-likeness (QED) is 0.637. The minimum absolute atomic E-state index is 0.143. The molecule has 9 heteroatoms. The summed E-state index contributed by atoms with van der Waals surface area (Å²) in [6.45, 7) is 3.99. The van der Waals surface area contributed by atoms with Crippen molar-refractivity contribution < 1.29 is 4.79 Å². The zero-order valence-corrected chi connectivity index (χ0v) is 16.4. The first-order valence-electron chi connectivity index (χ1n) is 7.68. The molecule has 0 unspecified atom stereocenters. The normalized spacial score (nSPS) is 10.8. The summed E-state index contributed by atoms with van der Waals surface area (Å²) in [6.07, 6.45) is 0. The van der Waals surface area contributed by atoms with Gasteiger partial charge in [-0.1, -0.05) is 53.2 Å². The molecule has 0 aliphatic rings. The number of aryl methyl sites for hydroxylation is 2. The number of rotatable bonds is 5. The van der Waals surface area contributed by atoms with E-state index < -0.39 is 0 Å². The standard InChI is InChI=1S/C17H15Cl2N5OS/c1-10-4-3-5-11(2)16(10)24-17(21-22-23-24)26-9-15(25)20-14-7-6-12(18)8-13(14)19/h3-8H,9H2,1-2H3,(H,20,25). The van der Waals surface area contributed by atoms with Gasteiger partial charge in [-0.05, 0) is 53.6 Å². The van der Waals surface area contributed by atoms with Gasteiger partial charge in [0.25, 0.3) is 0 Å². The van der Waals surface area contributed by atoms with E-state index in [1.54, 1.807) is 22.9 Å². The van der Waals surface area contributed by atoms with E-state index in [0.717, 1.165) is 16.8 Å². The number of carbonyl (C=O) groups is 1. The molecule has 1 heterocycles. The molecule has 0 fully saturated rings. The van der Waals surface area contributed by atoms with E-state index in [1.165, 1.54) is 11.8 Å². The Labute approximate surface area is 164 Å². The van der Waals surface area contributed by atoms with Crippen molar-refractivity contribution in [2.24, 2.45) is 0 Å². The molecule has 0 bridgehead atoms. The number of hydrogen-bond donors (Lipinski definition) is 1. The van der Waals surface area contributed by atoms with E-state index in [1.807, 2.05) is 32.0 Å². The molecule has 0 saturated heterocycles. The number of anilines is 1. The Morgan fingerprint density at radius 3 is 2.62 bits per heavy atom. The van der Waals surface area contributed by atoms with E-state index in [-0.39, 0.29) is 11.7 Å². The second kappa shape index (κ2) is 8.07. The monoisotopic (exact) mass is 407 g/mol. The van der Waals surface area contributed by atoms with Gasteiger partial charge in [0.15, 0.2) is 0 Å². The highest BCUT2D eigenvalue weighted by atomic mass is 35.5. The fraction of sp³-hybridized carbons (Fsp3) is 0.176. The van der Waals surface area contributed by atoms with Gasteiger partial charge < -0.3 is 5.32 Å². The Hall–Kier alpha value is -2.09. The van der Waals surface area contributed by atoms with Crippen molar-refractivity contribution in [1.82, 2.24) is 20.2 Å². The number of hydrogen-bond acceptors (Lipinski definition) is 5. The van der Waals surface area contributed by atoms with Gasteiger partial charge >= 0.3 is 0 Å². The number of thioether (sulfide) groups is 1. The van der Waals surface area contributed by atoms with Crippen LogP contribution in [0, 0.1) is 13.8 Å². The zero-order valence-electron chi connectivity index (χ0n) is 14.0. The van der Waals surface area contributed by atoms with E-state index in [9.17, 15) is 4.79 Å². The van der Waals surface area contributed by atoms with Gasteiger partial charge in [0.1, 0.15) is 0 Å². The molecule has 0 aliphatic carbocycles. The molecule has 3 rings (SSSR count). The van der Waals surface area contributed by atoms with Crippen LogP contribution in [0.15, 0.2) is 41.6 Å². The van der Waals surface area contributed by atoms with Crippen molar-refractivity contribution in [3.63, 3.8) is 0 Å². The average Bonchev–Trinajstić information content (AvgIpc) is 3.04. The molecule has 6 nitrogen and oxygen atoms in total. The predicted molar refractivity (Wildman–Crippen MR) is 104 cm³/mol. The Morgan fingerprint density at radius 1 is 1.19 bits per heavy atom. The summed E-state index contributed by atoms with van der Waals surface area (Å²) in [5, 5.41) is 16.0. The summed E-state index contributed by atoms with van der Waals surface area (Å²) in [5.74, 6) is -0.0696. The highest BCUT2D eigenvalue weighted by molar-refractivity contribution is 7.99. The number of nitrogens with one attached hydrogen (secondary N) is 1. The molecule has 3 aromatic rings. The highest BCUT2D eigenvalue weighted by Gasteiger charge is 2.15. The first-order valence-corrected chi connectivity index (χ1v) is 9.42. The van der Waals surface area contributed by atoms with Crippen LogP contribution in [0.25, 0.3) is 5.69 Å². The van der Waals surface area contributed by atoms with Crippen LogP contribution >= 0.6 is 35.0 Å². The molecule has 1 N–H and O–H groups in total. The molecule has 0 saturated carbocycles. The molecule has 26 heavy (non-hydrogen) atoms. The molecular weight excluding hydrogens is 393 g/mol. The number of para-hydroxylation sites is 1. The number of halogens is 2. The SMILES string of the molecule is Cc1cccc(C)c1-n1nnnc1SCC(=O)Nc1ccc(Cl)cc1Cl. The molecule has 1 aromatic heterocycles. The van der Waals surface area contributed by atoms with Gasteiger partial charge in [-0.2, -0.15) is 4.68 Å². The maximum absolute atomic E-state index is 12.2. The van der Waals surface area contributed by atoms with Crippen molar-refractivity contribution in [1.29, 1.82) is 0 Å². The predicted octanol–water partition coefficient (Wildman–Crippen LogP) is 4.32. The minimum atomic E-state index is -0.213. The molecule has 0 radical (unpaired) electrons. The lowest BCUT2D eigenvalue weighted by atomic mass is 10.1. The van der Waals surface area contributed by atoms with Crippen molar-refractivity contribution in [2.45, 2.75) is 19.0 Å². The van der Waals surface area contributed by atoms with Gasteiger partial charge in [0, 0.05) is 5.02 Å². The van der Waals surface area contributed by atoms with Gasteiger partial charge in [-0.15, -0.1) is 5.10 Å². The Bertz CT molecular complexity index is 940. The summed E-state index contributed by atoms with van der Waals surface area (Å²) < 4.78 is 1.65. The number of nitrogens with zero attached hydrogens (tertiary/aromatic N) is 4. The lowest BCUT2D eigenvalue weighted by Gasteiger charge is -2.11. The molecule has 1 amide bonds. The smallest absolute Gasteiger partial charge is 0.234 e. The van der Waals surface area contributed by atoms with Crippen molar-refractivity contribution >= 4 is 46.6 Å². The number of tetrazole rings is 1. The van der Waals surface area contributed by atoms with Gasteiger partial charge in [-0.3, -0.25) is 4.79 Å². The first-order chi connectivity index (χ1) is 12.5. The van der Waals surface area contributed by atoms with Gasteiger partial charge in [0.05, 0.1) is 22.2 Å². The maximum Gasteiger partial charge on any atom is 0.234 e. The third-order valence-corrected chi connectivity index (χ3v) is 5.10. The van der Waals surface area contributed by atoms with Gasteiger partial charge in [-0.25, -0.2) is 0 Å². The number of carbonyl (C=O) groups excluding carboxylic acids is 1. The molecule has 0 atom stereocenters. The first kappa shape index (κ1) is 18.7. The van der Waals surface area contributed by atoms with Gasteiger partial charge in [0.2, 0.25) is 11.1 Å². The topological polar surface area (TPSA) is 72.7 Å². The third-order valence-electron chi connectivity index (χ3n) is 3.63. The molecular formula is C17H15Cl2N5OS. The van der Waals surface area contributed by atoms with E-state index >= 15 is 0 Å². The summed E-state index contributed by atoms with van der Waals surface area (Å²) in [5.41, 5.74) is 3.53. The van der Waals surface area contributed by atoms with Crippen molar-refractivity contribution in [3.05, 3.63) is 57.6 Å². The van der Waals surface area contributed by atoms with Crippen LogP contribution in [0.4, 0.5) is 5.69 Å². The van der Waals surface area contributed by atoms with E-state index in [0.29, 0.717) is 20.9 Å². The third kappa shape index (κ3) is 4.17. The van der Waals surface area contributed by atoms with Crippen molar-refractivity contribution in [2.75, 3.05) is 11.1 Å². The number of amides is 1. The summed E-state index contributed by atoms with van der Waals surface area (Å²) in [6, 6.07) is 10.9. The number of benzene rings is 2. The average molecular weight is 408 g/mol. The Balaban J connectivity index is 1.71. The van der Waals surface area contributed by atoms with Crippen molar-refractivity contribution in [3.8, 4) is 5.69 Å². The number of aromatic nitrogens is 4. The maximum atomic E-state index is 12.2. The van der Waals surface area contributed by atoms with Crippen LogP contribution in [0.5, 0.6) is 0 Å². The van der Waals surface area contributed by atoms with Crippen LogP contribution < -0.4 is 5.32 Å². The summed E-state index contributed by atoms with van der Waals surface area (Å²) >= 11 is 13.2. The lowest BCUT2D eigenvalue weighted by molar-refractivity contribution is -0.113. The fourth-order valence-corrected chi connectivity index (χ4v) is 3.59. The minimum Gasteiger partial charge on any atom is -0.324 e. The Morgan fingerprint density at radius 2 is 1.92 bits per heavy atom. The van der Waals surface area contributed by atoms with Crippen LogP contribution in [0.1, 0.15) is 11.1 Å². The van der Waals surface area contributed by atoms with Crippen LogP contribution in [-0.2, 0) is 4.79 Å². The van der Waals surface area contributed by atoms with Crippen LogP contribution in [0.3, 0.4) is 0 Å². The van der Waals surface area contributed by atoms with Crippen LogP contribution in [-0.4, -0.2) is 31.9 Å². The summed E-state index contributed by atoms with van der Waals surface area (Å²) in [4.78, 5) is 12.2. The fourth-order valence-electron chi connectivity index (χ4n) is 2.46.